The van der Waals surface area contributed by atoms with E-state index in [4.69, 9.17) is 14.2 Å². The highest BCUT2D eigenvalue weighted by Crippen LogP contribution is 2.29. The first-order valence-electron chi connectivity index (χ1n) is 6.96. The lowest BCUT2D eigenvalue weighted by Crippen LogP contribution is -2.34. The molecule has 19 heavy (non-hydrogen) atoms. The fourth-order valence-corrected chi connectivity index (χ4v) is 2.43. The summed E-state index contributed by atoms with van der Waals surface area (Å²) >= 11 is 0. The van der Waals surface area contributed by atoms with Crippen molar-refractivity contribution in [2.75, 3.05) is 26.9 Å². The summed E-state index contributed by atoms with van der Waals surface area (Å²) in [6.07, 6.45) is 0.716. The van der Waals surface area contributed by atoms with Crippen molar-refractivity contribution in [3.8, 4) is 5.75 Å². The van der Waals surface area contributed by atoms with E-state index in [9.17, 15) is 0 Å². The smallest absolute Gasteiger partial charge is 0.176 e. The van der Waals surface area contributed by atoms with Crippen LogP contribution in [0.1, 0.15) is 31.0 Å². The SMILES string of the molecule is CCOC(OCC)C(NC)c1ccc2c(c1)CCO2. The standard InChI is InChI=1S/C15H23NO3/c1-4-17-15(18-5-2)14(16-3)12-6-7-13-11(10-12)8-9-19-13/h6-7,10,14-16H,4-5,8-9H2,1-3H3. The maximum atomic E-state index is 5.69. The number of likely N-dealkylation sites (N-methyl/N-ethyl adjacent to an activating group) is 1. The first-order chi connectivity index (χ1) is 9.30. The molecule has 1 aliphatic heterocycles. The van der Waals surface area contributed by atoms with Crippen molar-refractivity contribution in [1.82, 2.24) is 5.32 Å². The Morgan fingerprint density at radius 3 is 2.63 bits per heavy atom. The van der Waals surface area contributed by atoms with Gasteiger partial charge in [0.15, 0.2) is 6.29 Å². The summed E-state index contributed by atoms with van der Waals surface area (Å²) in [5.74, 6) is 1.00. The predicted molar refractivity (Wildman–Crippen MR) is 74.5 cm³/mol. The largest absolute Gasteiger partial charge is 0.493 e. The van der Waals surface area contributed by atoms with Crippen LogP contribution in [0, 0.1) is 0 Å². The van der Waals surface area contributed by atoms with Gasteiger partial charge < -0.3 is 19.5 Å². The minimum Gasteiger partial charge on any atom is -0.493 e. The van der Waals surface area contributed by atoms with E-state index in [-0.39, 0.29) is 12.3 Å². The number of nitrogens with one attached hydrogen (secondary N) is 1. The molecule has 4 heteroatoms. The lowest BCUT2D eigenvalue weighted by Gasteiger charge is -2.27. The topological polar surface area (TPSA) is 39.7 Å². The second-order valence-electron chi connectivity index (χ2n) is 4.51. The molecular formula is C15H23NO3. The molecule has 0 aliphatic carbocycles. The van der Waals surface area contributed by atoms with Crippen molar-refractivity contribution >= 4 is 0 Å². The van der Waals surface area contributed by atoms with Crippen molar-refractivity contribution in [2.24, 2.45) is 0 Å². The Kier molecular flexibility index (Phi) is 5.19. The van der Waals surface area contributed by atoms with Gasteiger partial charge in [0.1, 0.15) is 5.75 Å². The monoisotopic (exact) mass is 265 g/mol. The zero-order valence-corrected chi connectivity index (χ0v) is 11.9. The van der Waals surface area contributed by atoms with Gasteiger partial charge in [-0.05, 0) is 38.1 Å². The predicted octanol–water partition coefficient (Wildman–Crippen LogP) is 2.28. The molecule has 1 N–H and O–H groups in total. The molecule has 2 rings (SSSR count). The molecule has 1 unspecified atom stereocenters. The van der Waals surface area contributed by atoms with E-state index < -0.39 is 0 Å². The van der Waals surface area contributed by atoms with Gasteiger partial charge in [0.2, 0.25) is 0 Å². The van der Waals surface area contributed by atoms with Gasteiger partial charge >= 0.3 is 0 Å². The number of rotatable bonds is 7. The maximum Gasteiger partial charge on any atom is 0.176 e. The summed E-state index contributed by atoms with van der Waals surface area (Å²) < 4.78 is 16.9. The molecule has 0 radical (unpaired) electrons. The van der Waals surface area contributed by atoms with Gasteiger partial charge in [0, 0.05) is 19.6 Å². The highest BCUT2D eigenvalue weighted by molar-refractivity contribution is 5.41. The molecule has 0 bridgehead atoms. The number of hydrogen-bond acceptors (Lipinski definition) is 4. The van der Waals surface area contributed by atoms with E-state index in [1.165, 1.54) is 11.1 Å². The number of benzene rings is 1. The Morgan fingerprint density at radius 2 is 2.00 bits per heavy atom. The van der Waals surface area contributed by atoms with E-state index in [0.29, 0.717) is 13.2 Å². The van der Waals surface area contributed by atoms with Crippen molar-refractivity contribution in [3.05, 3.63) is 29.3 Å². The molecule has 4 nitrogen and oxygen atoms in total. The molecule has 0 saturated heterocycles. The van der Waals surface area contributed by atoms with Gasteiger partial charge in [-0.25, -0.2) is 0 Å². The number of ether oxygens (including phenoxy) is 3. The Bertz CT molecular complexity index is 402. The average molecular weight is 265 g/mol. The van der Waals surface area contributed by atoms with E-state index >= 15 is 0 Å². The lowest BCUT2D eigenvalue weighted by atomic mass is 10.0. The van der Waals surface area contributed by atoms with Crippen LogP contribution in [0.4, 0.5) is 0 Å². The molecule has 1 heterocycles. The van der Waals surface area contributed by atoms with E-state index in [0.717, 1.165) is 18.8 Å². The summed E-state index contributed by atoms with van der Waals surface area (Å²) in [5.41, 5.74) is 2.45. The van der Waals surface area contributed by atoms with Crippen LogP contribution < -0.4 is 10.1 Å². The quantitative estimate of drug-likeness (QED) is 0.768. The van der Waals surface area contributed by atoms with Crippen LogP contribution >= 0.6 is 0 Å². The molecule has 0 saturated carbocycles. The third-order valence-electron chi connectivity index (χ3n) is 3.32. The van der Waals surface area contributed by atoms with Crippen LogP contribution in [-0.2, 0) is 15.9 Å². The summed E-state index contributed by atoms with van der Waals surface area (Å²) in [6.45, 7) is 6.02. The molecule has 1 atom stereocenters. The molecule has 1 aromatic rings. The molecule has 1 aliphatic rings. The summed E-state index contributed by atoms with van der Waals surface area (Å²) in [4.78, 5) is 0. The van der Waals surface area contributed by atoms with Crippen LogP contribution in [0.3, 0.4) is 0 Å². The zero-order chi connectivity index (χ0) is 13.7. The first kappa shape index (κ1) is 14.3. The Hall–Kier alpha value is -1.10. The van der Waals surface area contributed by atoms with Gasteiger partial charge in [-0.1, -0.05) is 12.1 Å². The van der Waals surface area contributed by atoms with Crippen molar-refractivity contribution in [1.29, 1.82) is 0 Å². The minimum absolute atomic E-state index is 0.0331. The van der Waals surface area contributed by atoms with Gasteiger partial charge in [0.25, 0.3) is 0 Å². The molecule has 106 valence electrons. The van der Waals surface area contributed by atoms with Crippen LogP contribution in [-0.4, -0.2) is 33.2 Å². The van der Waals surface area contributed by atoms with E-state index in [1.54, 1.807) is 0 Å². The van der Waals surface area contributed by atoms with Crippen molar-refractivity contribution in [2.45, 2.75) is 32.6 Å². The fourth-order valence-electron chi connectivity index (χ4n) is 2.43. The highest BCUT2D eigenvalue weighted by Gasteiger charge is 2.24. The Balaban J connectivity index is 2.19. The first-order valence-corrected chi connectivity index (χ1v) is 6.96. The maximum absolute atomic E-state index is 5.69. The van der Waals surface area contributed by atoms with Crippen LogP contribution in [0.2, 0.25) is 0 Å². The van der Waals surface area contributed by atoms with Crippen molar-refractivity contribution < 1.29 is 14.2 Å². The van der Waals surface area contributed by atoms with Gasteiger partial charge in [-0.15, -0.1) is 0 Å². The third-order valence-corrected chi connectivity index (χ3v) is 3.32. The normalized spacial score (nSPS) is 15.4. The number of fused-ring (bicyclic) bond motifs is 1. The zero-order valence-electron chi connectivity index (χ0n) is 11.9. The Labute approximate surface area is 115 Å². The molecule has 0 amide bonds. The summed E-state index contributed by atoms with van der Waals surface area (Å²) in [6, 6.07) is 6.34. The fraction of sp³-hybridized carbons (Fsp3) is 0.600. The summed E-state index contributed by atoms with van der Waals surface area (Å²) in [5, 5.41) is 3.29. The average Bonchev–Trinajstić information content (AvgIpc) is 2.87. The lowest BCUT2D eigenvalue weighted by molar-refractivity contribution is -0.154. The molecule has 0 spiro atoms. The van der Waals surface area contributed by atoms with Crippen LogP contribution in [0.15, 0.2) is 18.2 Å². The van der Waals surface area contributed by atoms with Crippen LogP contribution in [0.25, 0.3) is 0 Å². The third kappa shape index (κ3) is 3.26. The Morgan fingerprint density at radius 1 is 1.26 bits per heavy atom. The molecule has 1 aromatic carbocycles. The van der Waals surface area contributed by atoms with Gasteiger partial charge in [-0.2, -0.15) is 0 Å². The molecule has 0 aromatic heterocycles. The molecule has 0 fully saturated rings. The second-order valence-corrected chi connectivity index (χ2v) is 4.51. The van der Waals surface area contributed by atoms with Gasteiger partial charge in [-0.3, -0.25) is 0 Å². The minimum atomic E-state index is -0.264. The molecular weight excluding hydrogens is 242 g/mol. The second kappa shape index (κ2) is 6.89. The van der Waals surface area contributed by atoms with Crippen molar-refractivity contribution in [3.63, 3.8) is 0 Å². The number of hydrogen-bond donors (Lipinski definition) is 1. The highest BCUT2D eigenvalue weighted by atomic mass is 16.7. The summed E-state index contributed by atoms with van der Waals surface area (Å²) in [7, 11) is 1.93. The van der Waals surface area contributed by atoms with E-state index in [2.05, 4.69) is 17.4 Å². The van der Waals surface area contributed by atoms with Crippen LogP contribution in [0.5, 0.6) is 5.75 Å². The van der Waals surface area contributed by atoms with E-state index in [1.807, 2.05) is 27.0 Å². The van der Waals surface area contributed by atoms with Gasteiger partial charge in [0.05, 0.1) is 12.6 Å².